The first-order valence-electron chi connectivity index (χ1n) is 9.50. The van der Waals surface area contributed by atoms with Gasteiger partial charge in [0, 0.05) is 22.4 Å². The Kier molecular flexibility index (Phi) is 4.25. The second kappa shape index (κ2) is 7.08. The van der Waals surface area contributed by atoms with Crippen LogP contribution >= 0.6 is 0 Å². The molecule has 0 radical (unpaired) electrons. The summed E-state index contributed by atoms with van der Waals surface area (Å²) >= 11 is 0. The Morgan fingerprint density at radius 2 is 1.87 bits per heavy atom. The number of anilines is 1. The average molecular weight is 396 g/mol. The summed E-state index contributed by atoms with van der Waals surface area (Å²) in [6.45, 7) is 2.03. The van der Waals surface area contributed by atoms with E-state index in [4.69, 9.17) is 0 Å². The first-order valence-corrected chi connectivity index (χ1v) is 9.50. The minimum Gasteiger partial charge on any atom is -0.321 e. The lowest BCUT2D eigenvalue weighted by Crippen LogP contribution is -2.03. The second-order valence-electron chi connectivity index (χ2n) is 7.21. The van der Waals surface area contributed by atoms with E-state index in [2.05, 4.69) is 15.6 Å². The molecule has 0 unspecified atom stereocenters. The molecule has 5 nitrogen and oxygen atoms in total. The summed E-state index contributed by atoms with van der Waals surface area (Å²) in [5, 5.41) is 11.2. The summed E-state index contributed by atoms with van der Waals surface area (Å²) in [4.78, 5) is 12.3. The Hall–Kier alpha value is -4.06. The molecule has 146 valence electrons. The van der Waals surface area contributed by atoms with Gasteiger partial charge in [0.1, 0.15) is 11.5 Å². The van der Waals surface area contributed by atoms with Crippen LogP contribution in [0, 0.1) is 12.7 Å². The van der Waals surface area contributed by atoms with Gasteiger partial charge in [0.2, 0.25) is 0 Å². The highest BCUT2D eigenvalue weighted by molar-refractivity contribution is 6.34. The predicted molar refractivity (Wildman–Crippen MR) is 114 cm³/mol. The number of hydrogen-bond acceptors (Lipinski definition) is 3. The molecule has 0 saturated heterocycles. The van der Waals surface area contributed by atoms with Gasteiger partial charge in [-0.2, -0.15) is 0 Å². The molecule has 0 fully saturated rings. The quantitative estimate of drug-likeness (QED) is 0.503. The van der Waals surface area contributed by atoms with E-state index < -0.39 is 0 Å². The molecular formula is C24H17FN4O. The number of nitrogens with one attached hydrogen (secondary N) is 1. The van der Waals surface area contributed by atoms with Crippen molar-refractivity contribution >= 4 is 23.2 Å². The number of benzene rings is 3. The zero-order valence-corrected chi connectivity index (χ0v) is 16.1. The third-order valence-electron chi connectivity index (χ3n) is 5.04. The van der Waals surface area contributed by atoms with E-state index in [0.29, 0.717) is 16.8 Å². The lowest BCUT2D eigenvalue weighted by atomic mass is 10.0. The number of halogens is 1. The van der Waals surface area contributed by atoms with Crippen molar-refractivity contribution in [3.8, 4) is 16.9 Å². The molecule has 2 heterocycles. The maximum atomic E-state index is 13.6. The minimum atomic E-state index is -0.372. The van der Waals surface area contributed by atoms with Crippen LogP contribution in [0.2, 0.25) is 0 Å². The number of rotatable bonds is 3. The molecule has 0 aliphatic carbocycles. The zero-order chi connectivity index (χ0) is 20.7. The molecule has 0 spiro atoms. The molecule has 1 aromatic heterocycles. The number of nitrogens with zero attached hydrogens (tertiary/aromatic N) is 3. The Bertz CT molecular complexity index is 1310. The monoisotopic (exact) mass is 396 g/mol. The van der Waals surface area contributed by atoms with E-state index in [1.165, 1.54) is 12.1 Å². The SMILES string of the molecule is Cc1cccc(-n2cc(-c3ccc(C=C4C(=O)Nc5ccc(F)cc54)cc3)nn2)c1. The van der Waals surface area contributed by atoms with Crippen molar-refractivity contribution < 1.29 is 9.18 Å². The van der Waals surface area contributed by atoms with E-state index >= 15 is 0 Å². The Balaban J connectivity index is 1.43. The van der Waals surface area contributed by atoms with Gasteiger partial charge in [-0.3, -0.25) is 4.79 Å². The Morgan fingerprint density at radius 1 is 1.03 bits per heavy atom. The number of aromatic nitrogens is 3. The fourth-order valence-corrected chi connectivity index (χ4v) is 3.51. The van der Waals surface area contributed by atoms with Gasteiger partial charge in [0.15, 0.2) is 0 Å². The van der Waals surface area contributed by atoms with Crippen molar-refractivity contribution in [3.63, 3.8) is 0 Å². The molecule has 4 aromatic rings. The van der Waals surface area contributed by atoms with Gasteiger partial charge in [0.05, 0.1) is 11.9 Å². The van der Waals surface area contributed by atoms with Crippen LogP contribution in [-0.4, -0.2) is 20.9 Å². The molecular weight excluding hydrogens is 379 g/mol. The Morgan fingerprint density at radius 3 is 2.67 bits per heavy atom. The summed E-state index contributed by atoms with van der Waals surface area (Å²) < 4.78 is 15.3. The van der Waals surface area contributed by atoms with Crippen LogP contribution in [0.25, 0.3) is 28.6 Å². The summed E-state index contributed by atoms with van der Waals surface area (Å²) in [5.74, 6) is -0.607. The van der Waals surface area contributed by atoms with Gasteiger partial charge in [-0.1, -0.05) is 41.6 Å². The average Bonchev–Trinajstić information content (AvgIpc) is 3.34. The molecule has 1 N–H and O–H groups in total. The van der Waals surface area contributed by atoms with E-state index in [9.17, 15) is 9.18 Å². The van der Waals surface area contributed by atoms with E-state index in [1.807, 2.05) is 61.7 Å². The number of amides is 1. The normalized spacial score (nSPS) is 14.1. The molecule has 1 aliphatic heterocycles. The van der Waals surface area contributed by atoms with E-state index in [0.717, 1.165) is 28.1 Å². The van der Waals surface area contributed by atoms with Crippen molar-refractivity contribution in [3.05, 3.63) is 95.4 Å². The molecule has 1 amide bonds. The van der Waals surface area contributed by atoms with Gasteiger partial charge in [-0.15, -0.1) is 5.10 Å². The lowest BCUT2D eigenvalue weighted by molar-refractivity contribution is -0.110. The topological polar surface area (TPSA) is 59.8 Å². The standard InChI is InChI=1S/C24H17FN4O/c1-15-3-2-4-19(11-15)29-14-23(27-28-29)17-7-5-16(6-8-17)12-21-20-13-18(25)9-10-22(20)26-24(21)30/h2-14H,1H3,(H,26,30). The van der Waals surface area contributed by atoms with Crippen LogP contribution in [0.15, 0.2) is 72.9 Å². The van der Waals surface area contributed by atoms with Crippen LogP contribution in [0.1, 0.15) is 16.7 Å². The lowest BCUT2D eigenvalue weighted by Gasteiger charge is -2.01. The van der Waals surface area contributed by atoms with Crippen molar-refractivity contribution in [1.29, 1.82) is 0 Å². The van der Waals surface area contributed by atoms with Gasteiger partial charge >= 0.3 is 0 Å². The van der Waals surface area contributed by atoms with Gasteiger partial charge in [-0.05, 0) is 54.5 Å². The fourth-order valence-electron chi connectivity index (χ4n) is 3.51. The molecule has 1 aliphatic rings. The van der Waals surface area contributed by atoms with Crippen molar-refractivity contribution in [1.82, 2.24) is 15.0 Å². The number of aryl methyl sites for hydroxylation is 1. The van der Waals surface area contributed by atoms with Gasteiger partial charge in [-0.25, -0.2) is 9.07 Å². The minimum absolute atomic E-state index is 0.235. The summed E-state index contributed by atoms with van der Waals surface area (Å²) in [6.07, 6.45) is 3.64. The number of carbonyl (C=O) groups is 1. The van der Waals surface area contributed by atoms with Crippen LogP contribution < -0.4 is 5.32 Å². The van der Waals surface area contributed by atoms with Gasteiger partial charge in [0.25, 0.3) is 5.91 Å². The van der Waals surface area contributed by atoms with Crippen LogP contribution in [0.3, 0.4) is 0 Å². The van der Waals surface area contributed by atoms with Crippen LogP contribution in [-0.2, 0) is 4.79 Å². The van der Waals surface area contributed by atoms with Gasteiger partial charge < -0.3 is 5.32 Å². The number of fused-ring (bicyclic) bond motifs is 1. The largest absolute Gasteiger partial charge is 0.321 e. The third kappa shape index (κ3) is 3.28. The second-order valence-corrected chi connectivity index (χ2v) is 7.21. The smallest absolute Gasteiger partial charge is 0.256 e. The zero-order valence-electron chi connectivity index (χ0n) is 16.1. The molecule has 0 bridgehead atoms. The Labute approximate surface area is 172 Å². The first-order chi connectivity index (χ1) is 14.6. The highest BCUT2D eigenvalue weighted by Crippen LogP contribution is 2.33. The van der Waals surface area contributed by atoms with Crippen molar-refractivity contribution in [2.75, 3.05) is 5.32 Å². The van der Waals surface area contributed by atoms with Crippen LogP contribution in [0.5, 0.6) is 0 Å². The molecule has 5 rings (SSSR count). The summed E-state index contributed by atoms with van der Waals surface area (Å²) in [7, 11) is 0. The predicted octanol–water partition coefficient (Wildman–Crippen LogP) is 4.87. The van der Waals surface area contributed by atoms with Crippen molar-refractivity contribution in [2.24, 2.45) is 0 Å². The maximum absolute atomic E-state index is 13.6. The number of carbonyl (C=O) groups excluding carboxylic acids is 1. The fraction of sp³-hybridized carbons (Fsp3) is 0.0417. The first kappa shape index (κ1) is 18.0. The molecule has 6 heteroatoms. The molecule has 3 aromatic carbocycles. The van der Waals surface area contributed by atoms with E-state index in [1.54, 1.807) is 16.8 Å². The molecule has 0 saturated carbocycles. The molecule has 0 atom stereocenters. The molecule has 30 heavy (non-hydrogen) atoms. The highest BCUT2D eigenvalue weighted by atomic mass is 19.1. The van der Waals surface area contributed by atoms with Crippen molar-refractivity contribution in [2.45, 2.75) is 6.92 Å². The summed E-state index contributed by atoms with van der Waals surface area (Å²) in [5.41, 5.74) is 6.25. The number of hydrogen-bond donors (Lipinski definition) is 1. The third-order valence-corrected chi connectivity index (χ3v) is 5.04. The summed E-state index contributed by atoms with van der Waals surface area (Å²) in [6, 6.07) is 20.0. The van der Waals surface area contributed by atoms with E-state index in [-0.39, 0.29) is 11.7 Å². The maximum Gasteiger partial charge on any atom is 0.256 e. The highest BCUT2D eigenvalue weighted by Gasteiger charge is 2.24. The van der Waals surface area contributed by atoms with Crippen LogP contribution in [0.4, 0.5) is 10.1 Å².